The summed E-state index contributed by atoms with van der Waals surface area (Å²) in [6.45, 7) is 6.54. The van der Waals surface area contributed by atoms with Gasteiger partial charge in [0.1, 0.15) is 5.82 Å². The normalized spacial score (nSPS) is 17.5. The second-order valence-corrected chi connectivity index (χ2v) is 7.42. The van der Waals surface area contributed by atoms with Crippen molar-refractivity contribution < 1.29 is 18.0 Å². The Morgan fingerprint density at radius 3 is 2.54 bits per heavy atom. The van der Waals surface area contributed by atoms with Crippen LogP contribution >= 0.6 is 0 Å². The number of carbonyl (C=O) groups excluding carboxylic acids is 1. The minimum atomic E-state index is -4.48. The number of amides is 1. The highest BCUT2D eigenvalue weighted by molar-refractivity contribution is 5.94. The summed E-state index contributed by atoms with van der Waals surface area (Å²) in [5.74, 6) is -0.656. The molecule has 2 aromatic rings. The van der Waals surface area contributed by atoms with E-state index in [4.69, 9.17) is 0 Å². The van der Waals surface area contributed by atoms with E-state index in [0.717, 1.165) is 28.4 Å². The van der Waals surface area contributed by atoms with Gasteiger partial charge in [0.25, 0.3) is 0 Å². The van der Waals surface area contributed by atoms with Gasteiger partial charge in [0.05, 0.1) is 11.5 Å². The number of aryl methyl sites for hydroxylation is 3. The molecule has 0 spiro atoms. The summed E-state index contributed by atoms with van der Waals surface area (Å²) in [4.78, 5) is 18.4. The summed E-state index contributed by atoms with van der Waals surface area (Å²) in [7, 11) is 0. The number of aromatic nitrogens is 1. The van der Waals surface area contributed by atoms with E-state index >= 15 is 0 Å². The lowest BCUT2D eigenvalue weighted by molar-refractivity contribution is -0.137. The van der Waals surface area contributed by atoms with Gasteiger partial charge in [0.15, 0.2) is 0 Å². The third-order valence-corrected chi connectivity index (χ3v) is 5.11. The van der Waals surface area contributed by atoms with E-state index in [-0.39, 0.29) is 18.3 Å². The lowest BCUT2D eigenvalue weighted by Gasteiger charge is -2.34. The van der Waals surface area contributed by atoms with Gasteiger partial charge in [-0.1, -0.05) is 17.7 Å². The Labute approximate surface area is 162 Å². The summed E-state index contributed by atoms with van der Waals surface area (Å²) in [6, 6.07) is 6.31. The Bertz CT molecular complexity index is 856. The fourth-order valence-corrected chi connectivity index (χ4v) is 3.86. The number of halogens is 3. The van der Waals surface area contributed by atoms with Crippen molar-refractivity contribution in [2.24, 2.45) is 5.92 Å². The summed E-state index contributed by atoms with van der Waals surface area (Å²) in [5, 5.41) is 2.98. The van der Waals surface area contributed by atoms with Crippen LogP contribution in [-0.4, -0.2) is 24.0 Å². The zero-order valence-corrected chi connectivity index (χ0v) is 16.2. The number of nitrogens with zero attached hydrogens (tertiary/aromatic N) is 2. The van der Waals surface area contributed by atoms with Gasteiger partial charge < -0.3 is 10.2 Å². The number of carbonyl (C=O) groups is 1. The molecule has 1 aromatic carbocycles. The number of hydrogen-bond acceptors (Lipinski definition) is 3. The molecule has 3 rings (SSSR count). The molecule has 1 aromatic heterocycles. The van der Waals surface area contributed by atoms with E-state index in [1.54, 1.807) is 4.90 Å². The van der Waals surface area contributed by atoms with E-state index in [1.165, 1.54) is 12.3 Å². The molecular weight excluding hydrogens is 367 g/mol. The second kappa shape index (κ2) is 7.81. The van der Waals surface area contributed by atoms with Crippen LogP contribution in [0.3, 0.4) is 0 Å². The minimum Gasteiger partial charge on any atom is -0.355 e. The molecule has 4 nitrogen and oxygen atoms in total. The average molecular weight is 391 g/mol. The van der Waals surface area contributed by atoms with Gasteiger partial charge in [0, 0.05) is 25.0 Å². The highest BCUT2D eigenvalue weighted by atomic mass is 19.4. The van der Waals surface area contributed by atoms with Crippen LogP contribution in [0.5, 0.6) is 0 Å². The standard InChI is InChI=1S/C21H24F3N3O/c1-13-10-14(2)18(15(3)11-13)26-20(28)16-6-5-9-27(12-16)19-17(21(22,23)24)7-4-8-25-19/h4,7-8,10-11,16H,5-6,9,12H2,1-3H3,(H,26,28). The van der Waals surface area contributed by atoms with Crippen molar-refractivity contribution in [3.05, 3.63) is 52.7 Å². The predicted octanol–water partition coefficient (Wildman–Crippen LogP) is 4.88. The first-order chi connectivity index (χ1) is 13.2. The summed E-state index contributed by atoms with van der Waals surface area (Å²) >= 11 is 0. The topological polar surface area (TPSA) is 45.2 Å². The second-order valence-electron chi connectivity index (χ2n) is 7.42. The Morgan fingerprint density at radius 2 is 1.89 bits per heavy atom. The van der Waals surface area contributed by atoms with Crippen molar-refractivity contribution in [1.29, 1.82) is 0 Å². The molecule has 1 aliphatic rings. The first kappa shape index (κ1) is 20.2. The Balaban J connectivity index is 1.78. The lowest BCUT2D eigenvalue weighted by atomic mass is 9.96. The summed E-state index contributed by atoms with van der Waals surface area (Å²) < 4.78 is 40.0. The molecule has 0 saturated carbocycles. The van der Waals surface area contributed by atoms with Gasteiger partial charge in [-0.2, -0.15) is 13.2 Å². The SMILES string of the molecule is Cc1cc(C)c(NC(=O)C2CCCN(c3ncccc3C(F)(F)F)C2)c(C)c1. The van der Waals surface area contributed by atoms with Crippen LogP contribution < -0.4 is 10.2 Å². The van der Waals surface area contributed by atoms with Crippen LogP contribution in [0.4, 0.5) is 24.7 Å². The zero-order valence-electron chi connectivity index (χ0n) is 16.2. The molecule has 7 heteroatoms. The molecule has 1 N–H and O–H groups in total. The number of nitrogens with one attached hydrogen (secondary N) is 1. The smallest absolute Gasteiger partial charge is 0.355 e. The summed E-state index contributed by atoms with van der Waals surface area (Å²) in [5.41, 5.74) is 3.08. The van der Waals surface area contributed by atoms with E-state index < -0.39 is 17.7 Å². The van der Waals surface area contributed by atoms with Crippen molar-refractivity contribution in [3.8, 4) is 0 Å². The molecule has 0 aliphatic carbocycles. The molecule has 150 valence electrons. The zero-order chi connectivity index (χ0) is 20.5. The van der Waals surface area contributed by atoms with Crippen LogP contribution in [0.1, 0.15) is 35.1 Å². The maximum atomic E-state index is 13.3. The fourth-order valence-electron chi connectivity index (χ4n) is 3.86. The van der Waals surface area contributed by atoms with Gasteiger partial charge in [0.2, 0.25) is 5.91 Å². The molecule has 2 heterocycles. The van der Waals surface area contributed by atoms with Gasteiger partial charge in [-0.3, -0.25) is 4.79 Å². The van der Waals surface area contributed by atoms with Crippen LogP contribution in [0.15, 0.2) is 30.5 Å². The van der Waals surface area contributed by atoms with Gasteiger partial charge >= 0.3 is 6.18 Å². The molecular formula is C21H24F3N3O. The minimum absolute atomic E-state index is 0.102. The Hall–Kier alpha value is -2.57. The molecule has 1 fully saturated rings. The maximum Gasteiger partial charge on any atom is 0.419 e. The van der Waals surface area contributed by atoms with Crippen LogP contribution in [0.2, 0.25) is 0 Å². The van der Waals surface area contributed by atoms with Crippen molar-refractivity contribution in [2.45, 2.75) is 39.8 Å². The number of anilines is 2. The number of hydrogen-bond donors (Lipinski definition) is 1. The Morgan fingerprint density at radius 1 is 1.21 bits per heavy atom. The molecule has 1 saturated heterocycles. The molecule has 0 radical (unpaired) electrons. The number of rotatable bonds is 3. The van der Waals surface area contributed by atoms with Crippen molar-refractivity contribution in [2.75, 3.05) is 23.3 Å². The van der Waals surface area contributed by atoms with Crippen molar-refractivity contribution in [3.63, 3.8) is 0 Å². The number of pyridine rings is 1. The number of piperidine rings is 1. The highest BCUT2D eigenvalue weighted by Crippen LogP contribution is 2.36. The largest absolute Gasteiger partial charge is 0.419 e. The van der Waals surface area contributed by atoms with Crippen LogP contribution in [-0.2, 0) is 11.0 Å². The van der Waals surface area contributed by atoms with Gasteiger partial charge in [-0.15, -0.1) is 0 Å². The molecule has 1 aliphatic heterocycles. The van der Waals surface area contributed by atoms with Gasteiger partial charge in [-0.25, -0.2) is 4.98 Å². The molecule has 1 unspecified atom stereocenters. The first-order valence-electron chi connectivity index (χ1n) is 9.32. The molecule has 1 atom stereocenters. The van der Waals surface area contributed by atoms with E-state index in [9.17, 15) is 18.0 Å². The molecule has 0 bridgehead atoms. The first-order valence-corrected chi connectivity index (χ1v) is 9.32. The van der Waals surface area contributed by atoms with Crippen molar-refractivity contribution in [1.82, 2.24) is 4.98 Å². The number of benzene rings is 1. The van der Waals surface area contributed by atoms with Crippen molar-refractivity contribution >= 4 is 17.4 Å². The average Bonchev–Trinajstić information content (AvgIpc) is 2.64. The molecule has 28 heavy (non-hydrogen) atoms. The Kier molecular flexibility index (Phi) is 5.63. The third-order valence-electron chi connectivity index (χ3n) is 5.11. The highest BCUT2D eigenvalue weighted by Gasteiger charge is 2.37. The predicted molar refractivity (Wildman–Crippen MR) is 103 cm³/mol. The van der Waals surface area contributed by atoms with E-state index in [1.807, 2.05) is 32.9 Å². The lowest BCUT2D eigenvalue weighted by Crippen LogP contribution is -2.42. The third kappa shape index (κ3) is 4.29. The summed E-state index contributed by atoms with van der Waals surface area (Å²) in [6.07, 6.45) is -1.85. The quantitative estimate of drug-likeness (QED) is 0.811. The van der Waals surface area contributed by atoms with Gasteiger partial charge in [-0.05, 0) is 56.9 Å². The van der Waals surface area contributed by atoms with E-state index in [2.05, 4.69) is 10.3 Å². The number of alkyl halides is 3. The fraction of sp³-hybridized carbons (Fsp3) is 0.429. The van der Waals surface area contributed by atoms with Crippen LogP contribution in [0.25, 0.3) is 0 Å². The maximum absolute atomic E-state index is 13.3. The van der Waals surface area contributed by atoms with E-state index in [0.29, 0.717) is 19.4 Å². The monoisotopic (exact) mass is 391 g/mol. The van der Waals surface area contributed by atoms with Crippen LogP contribution in [0, 0.1) is 26.7 Å². The molecule has 1 amide bonds.